The smallest absolute Gasteiger partial charge is 0.311 e. The zero-order valence-corrected chi connectivity index (χ0v) is 39.0. The third-order valence-corrected chi connectivity index (χ3v) is 13.8. The fraction of sp³-hybridized carbons (Fsp3) is 0.800. The van der Waals surface area contributed by atoms with Gasteiger partial charge in [-0.25, -0.2) is 0 Å². The number of benzene rings is 1. The number of nitrogens with one attached hydrogen (secondary N) is 1. The van der Waals surface area contributed by atoms with Crippen molar-refractivity contribution in [2.24, 2.45) is 22.7 Å². The first-order chi connectivity index (χ1) is 29.0. The van der Waals surface area contributed by atoms with E-state index in [1.54, 1.807) is 48.7 Å². The molecule has 0 bridgehead atoms. The third-order valence-electron chi connectivity index (χ3n) is 13.8. The number of aliphatic imine (C=N–C) groups is 1. The highest BCUT2D eigenvalue weighted by Gasteiger charge is 2.55. The van der Waals surface area contributed by atoms with E-state index in [0.29, 0.717) is 23.9 Å². The molecule has 1 aromatic carbocycles. The summed E-state index contributed by atoms with van der Waals surface area (Å²) in [5.74, 6) is -2.88. The molecule has 4 heterocycles. The number of aliphatic hydroxyl groups is 3. The van der Waals surface area contributed by atoms with Gasteiger partial charge in [0.2, 0.25) is 5.91 Å². The largest absolute Gasteiger partial charge is 0.497 e. The highest BCUT2D eigenvalue weighted by atomic mass is 16.7. The van der Waals surface area contributed by atoms with Gasteiger partial charge in [0.15, 0.2) is 18.7 Å². The SMILES string of the molecule is CC[C@H]1OC(=O)[C@H](C)[C@@H](O[C@H]2C[C@@](C)(OC)[C@@H](O)[C@H](C)O2)[C@H](C)[C@@H](O[C@H]2O[C@H](C)C[C@H]3[C@H]2OC(=Nc2ccc(OC)cc2)N3C)[C@](C)(OC)C[C@@H](C)C(=O)N[C@H](C)[C@@H](O)[C@]1(C)O. The Bertz CT molecular complexity index is 1700. The van der Waals surface area contributed by atoms with Gasteiger partial charge in [0.05, 0.1) is 66.4 Å². The summed E-state index contributed by atoms with van der Waals surface area (Å²) in [6.45, 7) is 17.3. The second-order valence-corrected chi connectivity index (χ2v) is 18.6. The molecule has 4 aliphatic rings. The lowest BCUT2D eigenvalue weighted by atomic mass is 9.77. The molecule has 0 aromatic heterocycles. The maximum absolute atomic E-state index is 14.5. The minimum absolute atomic E-state index is 0.110. The monoisotopic (exact) mass is 880 g/mol. The number of aliphatic hydroxyl groups excluding tert-OH is 2. The molecular weight excluding hydrogens is 807 g/mol. The Hall–Kier alpha value is -3.13. The molecule has 352 valence electrons. The van der Waals surface area contributed by atoms with E-state index < -0.39 is 108 Å². The first-order valence-corrected chi connectivity index (χ1v) is 22.0. The zero-order chi connectivity index (χ0) is 46.1. The first-order valence-electron chi connectivity index (χ1n) is 22.0. The minimum atomic E-state index is -1.96. The second-order valence-electron chi connectivity index (χ2n) is 18.6. The van der Waals surface area contributed by atoms with Crippen LogP contribution >= 0.6 is 0 Å². The molecule has 4 aliphatic heterocycles. The number of rotatable bonds is 9. The van der Waals surface area contributed by atoms with E-state index in [4.69, 9.17) is 47.6 Å². The predicted octanol–water partition coefficient (Wildman–Crippen LogP) is 3.84. The van der Waals surface area contributed by atoms with Crippen molar-refractivity contribution in [3.8, 4) is 5.75 Å². The number of ether oxygens (including phenoxy) is 9. The van der Waals surface area contributed by atoms with Gasteiger partial charge in [-0.05, 0) is 92.0 Å². The van der Waals surface area contributed by atoms with Crippen molar-refractivity contribution in [3.63, 3.8) is 0 Å². The number of amides is 1. The Kier molecular flexibility index (Phi) is 16.0. The van der Waals surface area contributed by atoms with Crippen molar-refractivity contribution in [1.29, 1.82) is 0 Å². The van der Waals surface area contributed by atoms with E-state index in [1.807, 2.05) is 57.0 Å². The average Bonchev–Trinajstić information content (AvgIpc) is 3.55. The zero-order valence-electron chi connectivity index (χ0n) is 39.0. The summed E-state index contributed by atoms with van der Waals surface area (Å²) in [4.78, 5) is 35.2. The van der Waals surface area contributed by atoms with Crippen LogP contribution in [0.3, 0.4) is 0 Å². The molecule has 18 atom stereocenters. The molecule has 0 radical (unpaired) electrons. The van der Waals surface area contributed by atoms with Crippen LogP contribution in [-0.4, -0.2) is 157 Å². The van der Waals surface area contributed by atoms with Crippen molar-refractivity contribution < 1.29 is 67.5 Å². The molecule has 5 rings (SSSR count). The van der Waals surface area contributed by atoms with Gasteiger partial charge in [-0.2, -0.15) is 4.99 Å². The summed E-state index contributed by atoms with van der Waals surface area (Å²) in [6.07, 6.45) is -8.23. The van der Waals surface area contributed by atoms with E-state index in [1.165, 1.54) is 21.1 Å². The lowest BCUT2D eigenvalue weighted by Gasteiger charge is -2.49. The molecule has 0 aliphatic carbocycles. The van der Waals surface area contributed by atoms with Crippen LogP contribution in [-0.2, 0) is 47.5 Å². The molecular formula is C45H73N3O14. The number of likely N-dealkylation sites (N-methyl/N-ethyl adjacent to an activating group) is 1. The fourth-order valence-electron chi connectivity index (χ4n) is 9.62. The van der Waals surface area contributed by atoms with Gasteiger partial charge in [-0.15, -0.1) is 0 Å². The Morgan fingerprint density at radius 3 is 2.13 bits per heavy atom. The van der Waals surface area contributed by atoms with Gasteiger partial charge in [0.1, 0.15) is 29.7 Å². The maximum Gasteiger partial charge on any atom is 0.311 e. The molecule has 4 fully saturated rings. The van der Waals surface area contributed by atoms with E-state index in [-0.39, 0.29) is 31.4 Å². The summed E-state index contributed by atoms with van der Waals surface area (Å²) in [7, 11) is 6.56. The number of carbonyl (C=O) groups excluding carboxylic acids is 2. The van der Waals surface area contributed by atoms with E-state index in [9.17, 15) is 24.9 Å². The summed E-state index contributed by atoms with van der Waals surface area (Å²) in [5.41, 5.74) is -3.60. The summed E-state index contributed by atoms with van der Waals surface area (Å²) in [5, 5.41) is 37.1. The van der Waals surface area contributed by atoms with Crippen LogP contribution in [0.1, 0.15) is 94.9 Å². The first kappa shape index (κ1) is 49.9. The van der Waals surface area contributed by atoms with Gasteiger partial charge in [0.25, 0.3) is 6.02 Å². The average molecular weight is 880 g/mol. The standard InChI is InChI=1S/C45H73N3O14/c1-15-32-45(10,53)36(49)27(6)46-39(51)23(2)21-44(9,56-14)38(25(4)34(26(5)40(52)59-32)60-33-22-43(8,55-13)37(50)28(7)58-33)62-41-35-31(20-24(3)57-41)48(11)42(61-35)47-29-16-18-30(54-12)19-17-29/h16-19,23-28,31-38,41,49-50,53H,15,20-22H2,1-14H3,(H,46,51)/t23-,24-,25+,26-,27-,28+,31+,32-,33+,34+,35-,36-,37+,38-,41-,43-,44-,45-/m1/s1. The molecule has 0 saturated carbocycles. The Balaban J connectivity index is 1.61. The predicted molar refractivity (Wildman–Crippen MR) is 228 cm³/mol. The van der Waals surface area contributed by atoms with Gasteiger partial charge >= 0.3 is 5.97 Å². The van der Waals surface area contributed by atoms with Gasteiger partial charge in [-0.3, -0.25) is 9.59 Å². The van der Waals surface area contributed by atoms with E-state index in [2.05, 4.69) is 5.32 Å². The minimum Gasteiger partial charge on any atom is -0.497 e. The number of methoxy groups -OCH3 is 3. The van der Waals surface area contributed by atoms with Crippen LogP contribution in [0.5, 0.6) is 5.75 Å². The van der Waals surface area contributed by atoms with E-state index >= 15 is 0 Å². The Morgan fingerprint density at radius 2 is 1.53 bits per heavy atom. The summed E-state index contributed by atoms with van der Waals surface area (Å²) in [6, 6.07) is 6.57. The number of hydrogen-bond acceptors (Lipinski definition) is 15. The van der Waals surface area contributed by atoms with Crippen molar-refractivity contribution in [2.45, 2.75) is 185 Å². The third kappa shape index (κ3) is 10.4. The molecule has 0 unspecified atom stereocenters. The Labute approximate surface area is 367 Å². The van der Waals surface area contributed by atoms with Crippen LogP contribution in [0.4, 0.5) is 5.69 Å². The van der Waals surface area contributed by atoms with Crippen molar-refractivity contribution in [3.05, 3.63) is 24.3 Å². The van der Waals surface area contributed by atoms with Crippen molar-refractivity contribution in [2.75, 3.05) is 28.4 Å². The normalized spacial score (nSPS) is 44.4. The maximum atomic E-state index is 14.5. The van der Waals surface area contributed by atoms with Crippen LogP contribution in [0.2, 0.25) is 0 Å². The molecule has 4 N–H and O–H groups in total. The lowest BCUT2D eigenvalue weighted by molar-refractivity contribution is -0.315. The number of carbonyl (C=O) groups is 2. The number of cyclic esters (lactones) is 1. The van der Waals surface area contributed by atoms with Crippen LogP contribution in [0, 0.1) is 17.8 Å². The molecule has 62 heavy (non-hydrogen) atoms. The number of nitrogens with zero attached hydrogens (tertiary/aromatic N) is 2. The molecule has 1 amide bonds. The molecule has 17 nitrogen and oxygen atoms in total. The van der Waals surface area contributed by atoms with Crippen molar-refractivity contribution >= 4 is 23.6 Å². The van der Waals surface area contributed by atoms with Crippen LogP contribution in [0.15, 0.2) is 29.3 Å². The molecule has 17 heteroatoms. The van der Waals surface area contributed by atoms with Crippen LogP contribution < -0.4 is 10.1 Å². The molecule has 0 spiro atoms. The highest BCUT2D eigenvalue weighted by Crippen LogP contribution is 2.42. The number of fused-ring (bicyclic) bond motifs is 1. The summed E-state index contributed by atoms with van der Waals surface area (Å²) < 4.78 is 57.0. The number of amidine groups is 1. The quantitative estimate of drug-likeness (QED) is 0.260. The summed E-state index contributed by atoms with van der Waals surface area (Å²) >= 11 is 0. The van der Waals surface area contributed by atoms with Crippen molar-refractivity contribution in [1.82, 2.24) is 10.2 Å². The Morgan fingerprint density at radius 1 is 0.887 bits per heavy atom. The van der Waals surface area contributed by atoms with E-state index in [0.717, 1.165) is 0 Å². The van der Waals surface area contributed by atoms with Gasteiger partial charge < -0.3 is 68.2 Å². The van der Waals surface area contributed by atoms with Gasteiger partial charge in [-0.1, -0.05) is 20.8 Å². The second kappa shape index (κ2) is 19.9. The van der Waals surface area contributed by atoms with Gasteiger partial charge in [0, 0.05) is 39.5 Å². The van der Waals surface area contributed by atoms with Crippen LogP contribution in [0.25, 0.3) is 0 Å². The molecule has 1 aromatic rings. The number of esters is 1. The fourth-order valence-corrected chi connectivity index (χ4v) is 9.62. The highest BCUT2D eigenvalue weighted by molar-refractivity contribution is 5.80. The topological polar surface area (TPSA) is 206 Å². The lowest BCUT2D eigenvalue weighted by Crippen LogP contribution is -2.60. The molecule has 4 saturated heterocycles. The number of hydrogen-bond donors (Lipinski definition) is 4.